The predicted octanol–water partition coefficient (Wildman–Crippen LogP) is 0.864. The number of likely N-dealkylation sites (N-methyl/N-ethyl adjacent to an activating group) is 1. The molecule has 0 atom stereocenters. The zero-order valence-corrected chi connectivity index (χ0v) is 9.95. The van der Waals surface area contributed by atoms with Crippen LogP contribution in [0.1, 0.15) is 13.8 Å². The summed E-state index contributed by atoms with van der Waals surface area (Å²) in [5, 5.41) is 12.0. The van der Waals surface area contributed by atoms with Crippen LogP contribution in [0.25, 0.3) is 0 Å². The van der Waals surface area contributed by atoms with Crippen molar-refractivity contribution in [2.24, 2.45) is 0 Å². The summed E-state index contributed by atoms with van der Waals surface area (Å²) in [4.78, 5) is 9.37. The van der Waals surface area contributed by atoms with Crippen LogP contribution in [0, 0.1) is 5.82 Å². The number of halogens is 1. The fourth-order valence-electron chi connectivity index (χ4n) is 1.11. The van der Waals surface area contributed by atoms with Crippen molar-refractivity contribution in [3.8, 4) is 0 Å². The lowest BCUT2D eigenvalue weighted by Gasteiger charge is -2.34. The zero-order chi connectivity index (χ0) is 12.3. The fourth-order valence-corrected chi connectivity index (χ4v) is 1.11. The minimum atomic E-state index is -0.583. The molecule has 6 heteroatoms. The van der Waals surface area contributed by atoms with E-state index in [1.807, 2.05) is 0 Å². The van der Waals surface area contributed by atoms with Gasteiger partial charge in [-0.1, -0.05) is 0 Å². The Bertz CT molecular complexity index is 370. The van der Waals surface area contributed by atoms with Gasteiger partial charge in [-0.15, -0.1) is 0 Å². The molecule has 2 N–H and O–H groups in total. The van der Waals surface area contributed by atoms with Gasteiger partial charge in [0.05, 0.1) is 18.3 Å². The molecule has 90 valence electrons. The van der Waals surface area contributed by atoms with Gasteiger partial charge in [0.1, 0.15) is 0 Å². The normalized spacial score (nSPS) is 11.4. The van der Waals surface area contributed by atoms with E-state index < -0.39 is 11.4 Å². The molecular formula is C10H17FN4O. The Morgan fingerprint density at radius 2 is 2.19 bits per heavy atom. The van der Waals surface area contributed by atoms with E-state index in [2.05, 4.69) is 15.3 Å². The van der Waals surface area contributed by atoms with Crippen LogP contribution in [0.2, 0.25) is 0 Å². The van der Waals surface area contributed by atoms with E-state index in [0.29, 0.717) is 5.95 Å². The smallest absolute Gasteiger partial charge is 0.224 e. The average molecular weight is 228 g/mol. The number of aromatic nitrogens is 2. The van der Waals surface area contributed by atoms with Crippen LogP contribution in [0.5, 0.6) is 0 Å². The first kappa shape index (κ1) is 12.6. The molecule has 0 aliphatic rings. The quantitative estimate of drug-likeness (QED) is 0.800. The van der Waals surface area contributed by atoms with E-state index in [0.717, 1.165) is 6.20 Å². The van der Waals surface area contributed by atoms with Crippen LogP contribution >= 0.6 is 0 Å². The summed E-state index contributed by atoms with van der Waals surface area (Å²) in [6.45, 7) is 3.50. The lowest BCUT2D eigenvalue weighted by atomic mass is 10.1. The average Bonchev–Trinajstić information content (AvgIpc) is 2.29. The van der Waals surface area contributed by atoms with Gasteiger partial charge < -0.3 is 15.3 Å². The standard InChI is InChI=1S/C10H17FN4O/c1-10(2,6-16)15(4)8-7(11)5-13-9(12-3)14-8/h5,16H,6H2,1-4H3,(H,12,13,14). The van der Waals surface area contributed by atoms with E-state index in [4.69, 9.17) is 0 Å². The Balaban J connectivity index is 3.11. The molecule has 0 radical (unpaired) electrons. The number of aliphatic hydroxyl groups excluding tert-OH is 1. The maximum absolute atomic E-state index is 13.5. The van der Waals surface area contributed by atoms with Crippen LogP contribution in [0.15, 0.2) is 6.20 Å². The number of anilines is 2. The first-order chi connectivity index (χ1) is 7.42. The SMILES string of the molecule is CNc1ncc(F)c(N(C)C(C)(C)CO)n1. The number of nitrogens with zero attached hydrogens (tertiary/aromatic N) is 3. The second kappa shape index (κ2) is 4.61. The molecule has 0 aliphatic heterocycles. The first-order valence-electron chi connectivity index (χ1n) is 4.97. The molecular weight excluding hydrogens is 211 g/mol. The highest BCUT2D eigenvalue weighted by Crippen LogP contribution is 2.23. The lowest BCUT2D eigenvalue weighted by Crippen LogP contribution is -2.45. The largest absolute Gasteiger partial charge is 0.394 e. The highest BCUT2D eigenvalue weighted by atomic mass is 19.1. The Morgan fingerprint density at radius 3 is 2.69 bits per heavy atom. The van der Waals surface area contributed by atoms with Gasteiger partial charge in [-0.2, -0.15) is 4.98 Å². The van der Waals surface area contributed by atoms with Crippen molar-refractivity contribution in [2.45, 2.75) is 19.4 Å². The van der Waals surface area contributed by atoms with Crippen LogP contribution < -0.4 is 10.2 Å². The molecule has 0 aliphatic carbocycles. The third kappa shape index (κ3) is 2.38. The molecule has 1 rings (SSSR count). The monoisotopic (exact) mass is 228 g/mol. The van der Waals surface area contributed by atoms with Gasteiger partial charge in [-0.25, -0.2) is 9.37 Å². The third-order valence-electron chi connectivity index (χ3n) is 2.56. The van der Waals surface area contributed by atoms with Gasteiger partial charge in [-0.05, 0) is 13.8 Å². The molecule has 0 saturated heterocycles. The highest BCUT2D eigenvalue weighted by Gasteiger charge is 2.26. The van der Waals surface area contributed by atoms with Gasteiger partial charge in [-0.3, -0.25) is 0 Å². The molecule has 1 heterocycles. The predicted molar refractivity (Wildman–Crippen MR) is 61.1 cm³/mol. The summed E-state index contributed by atoms with van der Waals surface area (Å²) in [6.07, 6.45) is 1.11. The van der Waals surface area contributed by atoms with Crippen molar-refractivity contribution in [3.63, 3.8) is 0 Å². The topological polar surface area (TPSA) is 61.3 Å². The van der Waals surface area contributed by atoms with Crippen molar-refractivity contribution in [1.29, 1.82) is 0 Å². The van der Waals surface area contributed by atoms with E-state index in [1.54, 1.807) is 32.8 Å². The maximum atomic E-state index is 13.5. The molecule has 0 bridgehead atoms. The van der Waals surface area contributed by atoms with Crippen molar-refractivity contribution < 1.29 is 9.50 Å². The summed E-state index contributed by atoms with van der Waals surface area (Å²) in [5.41, 5.74) is -0.583. The zero-order valence-electron chi connectivity index (χ0n) is 9.95. The number of hydrogen-bond donors (Lipinski definition) is 2. The number of nitrogens with one attached hydrogen (secondary N) is 1. The Kier molecular flexibility index (Phi) is 3.64. The lowest BCUT2D eigenvalue weighted by molar-refractivity contribution is 0.215. The Labute approximate surface area is 94.3 Å². The van der Waals surface area contributed by atoms with Gasteiger partial charge >= 0.3 is 0 Å². The molecule has 5 nitrogen and oxygen atoms in total. The van der Waals surface area contributed by atoms with Gasteiger partial charge in [0, 0.05) is 14.1 Å². The molecule has 0 fully saturated rings. The second-order valence-electron chi connectivity index (χ2n) is 4.14. The number of aliphatic hydroxyl groups is 1. The third-order valence-corrected chi connectivity index (χ3v) is 2.56. The molecule has 1 aromatic rings. The first-order valence-corrected chi connectivity index (χ1v) is 4.97. The minimum Gasteiger partial charge on any atom is -0.394 e. The molecule has 0 spiro atoms. The Hall–Kier alpha value is -1.43. The van der Waals surface area contributed by atoms with Crippen molar-refractivity contribution in [3.05, 3.63) is 12.0 Å². The van der Waals surface area contributed by atoms with E-state index in [-0.39, 0.29) is 12.4 Å². The number of hydrogen-bond acceptors (Lipinski definition) is 5. The summed E-state index contributed by atoms with van der Waals surface area (Å²) >= 11 is 0. The summed E-state index contributed by atoms with van der Waals surface area (Å²) in [6, 6.07) is 0. The molecule has 0 saturated carbocycles. The second-order valence-corrected chi connectivity index (χ2v) is 4.14. The molecule has 0 unspecified atom stereocenters. The molecule has 0 aromatic carbocycles. The van der Waals surface area contributed by atoms with Crippen LogP contribution in [-0.4, -0.2) is 41.3 Å². The summed E-state index contributed by atoms with van der Waals surface area (Å²) < 4.78 is 13.5. The Morgan fingerprint density at radius 1 is 1.56 bits per heavy atom. The van der Waals surface area contributed by atoms with Crippen LogP contribution in [0.4, 0.5) is 16.2 Å². The van der Waals surface area contributed by atoms with Gasteiger partial charge in [0.2, 0.25) is 5.95 Å². The fraction of sp³-hybridized carbons (Fsp3) is 0.600. The van der Waals surface area contributed by atoms with Crippen molar-refractivity contribution >= 4 is 11.8 Å². The van der Waals surface area contributed by atoms with Crippen LogP contribution in [-0.2, 0) is 0 Å². The summed E-state index contributed by atoms with van der Waals surface area (Å²) in [5.74, 6) is -0.00147. The minimum absolute atomic E-state index is 0.0954. The summed E-state index contributed by atoms with van der Waals surface area (Å²) in [7, 11) is 3.34. The molecule has 16 heavy (non-hydrogen) atoms. The van der Waals surface area contributed by atoms with Gasteiger partial charge in [0.25, 0.3) is 0 Å². The van der Waals surface area contributed by atoms with E-state index in [1.165, 1.54) is 0 Å². The molecule has 1 aromatic heterocycles. The van der Waals surface area contributed by atoms with E-state index in [9.17, 15) is 9.50 Å². The van der Waals surface area contributed by atoms with Crippen LogP contribution in [0.3, 0.4) is 0 Å². The van der Waals surface area contributed by atoms with Crippen molar-refractivity contribution in [1.82, 2.24) is 9.97 Å². The number of rotatable bonds is 4. The maximum Gasteiger partial charge on any atom is 0.224 e. The van der Waals surface area contributed by atoms with Crippen molar-refractivity contribution in [2.75, 3.05) is 30.9 Å². The van der Waals surface area contributed by atoms with Gasteiger partial charge in [0.15, 0.2) is 11.6 Å². The highest BCUT2D eigenvalue weighted by molar-refractivity contribution is 5.45. The molecule has 0 amide bonds. The van der Waals surface area contributed by atoms with E-state index >= 15 is 0 Å².